The van der Waals surface area contributed by atoms with E-state index in [0.29, 0.717) is 24.5 Å². The summed E-state index contributed by atoms with van der Waals surface area (Å²) in [5.74, 6) is 1.05. The number of hydrogen-bond acceptors (Lipinski definition) is 3. The van der Waals surface area contributed by atoms with Gasteiger partial charge in [-0.1, -0.05) is 32.9 Å². The molecule has 0 bridgehead atoms. The number of para-hydroxylation sites is 1. The van der Waals surface area contributed by atoms with Crippen LogP contribution in [0.1, 0.15) is 26.3 Å². The average Bonchev–Trinajstić information content (AvgIpc) is 2.54. The van der Waals surface area contributed by atoms with Crippen molar-refractivity contribution in [3.63, 3.8) is 0 Å². The first-order valence-electron chi connectivity index (χ1n) is 5.41. The number of ether oxygens (including phenoxy) is 2. The monoisotopic (exact) mass is 220 g/mol. The van der Waals surface area contributed by atoms with Gasteiger partial charge in [-0.15, -0.1) is 0 Å². The molecule has 0 unspecified atom stereocenters. The van der Waals surface area contributed by atoms with E-state index in [2.05, 4.69) is 20.8 Å². The summed E-state index contributed by atoms with van der Waals surface area (Å²) in [5.41, 5.74) is 1.00. The molecule has 1 aromatic rings. The van der Waals surface area contributed by atoms with Crippen LogP contribution in [0.15, 0.2) is 18.2 Å². The number of hydrogen-bond donors (Lipinski definition) is 0. The van der Waals surface area contributed by atoms with E-state index < -0.39 is 0 Å². The quantitative estimate of drug-likeness (QED) is 0.567. The smallest absolute Gasteiger partial charge is 0.315 e. The third kappa shape index (κ3) is 2.35. The van der Waals surface area contributed by atoms with Crippen LogP contribution in [0.25, 0.3) is 0 Å². The molecule has 0 saturated heterocycles. The third-order valence-electron chi connectivity index (χ3n) is 2.27. The zero-order valence-corrected chi connectivity index (χ0v) is 9.87. The first kappa shape index (κ1) is 11.0. The van der Waals surface area contributed by atoms with Crippen molar-refractivity contribution in [3.05, 3.63) is 23.8 Å². The topological polar surface area (TPSA) is 35.5 Å². The fraction of sp³-hybridized carbons (Fsp3) is 0.462. The van der Waals surface area contributed by atoms with Gasteiger partial charge in [0, 0.05) is 5.56 Å². The van der Waals surface area contributed by atoms with Crippen LogP contribution >= 0.6 is 0 Å². The minimum absolute atomic E-state index is 0.0886. The lowest BCUT2D eigenvalue weighted by atomic mass is 9.99. The lowest BCUT2D eigenvalue weighted by Crippen LogP contribution is -2.17. The number of carbonyl (C=O) groups is 1. The fourth-order valence-electron chi connectivity index (χ4n) is 1.53. The van der Waals surface area contributed by atoms with Crippen molar-refractivity contribution >= 4 is 5.97 Å². The van der Waals surface area contributed by atoms with Gasteiger partial charge in [-0.3, -0.25) is 4.79 Å². The molecule has 86 valence electrons. The van der Waals surface area contributed by atoms with Crippen LogP contribution in [0.2, 0.25) is 0 Å². The second kappa shape index (κ2) is 3.81. The van der Waals surface area contributed by atoms with Crippen molar-refractivity contribution in [2.45, 2.75) is 27.2 Å². The highest BCUT2D eigenvalue weighted by molar-refractivity contribution is 5.82. The summed E-state index contributed by atoms with van der Waals surface area (Å²) in [4.78, 5) is 11.2. The molecule has 16 heavy (non-hydrogen) atoms. The molecule has 2 rings (SSSR count). The average molecular weight is 220 g/mol. The van der Waals surface area contributed by atoms with Crippen molar-refractivity contribution in [2.24, 2.45) is 5.41 Å². The highest BCUT2D eigenvalue weighted by atomic mass is 16.6. The molecule has 1 aliphatic heterocycles. The van der Waals surface area contributed by atoms with E-state index in [-0.39, 0.29) is 11.4 Å². The van der Waals surface area contributed by atoms with E-state index in [1.807, 2.05) is 18.2 Å². The molecule has 0 aromatic heterocycles. The molecule has 3 heteroatoms. The minimum atomic E-state index is -0.207. The molecule has 0 aliphatic carbocycles. The Morgan fingerprint density at radius 3 is 2.81 bits per heavy atom. The zero-order valence-electron chi connectivity index (χ0n) is 9.87. The Labute approximate surface area is 95.4 Å². The van der Waals surface area contributed by atoms with Crippen LogP contribution in [0, 0.1) is 5.41 Å². The van der Waals surface area contributed by atoms with Gasteiger partial charge in [-0.05, 0) is 11.5 Å². The number of fused-ring (bicyclic) bond motifs is 1. The van der Waals surface area contributed by atoms with Gasteiger partial charge in [0.2, 0.25) is 0 Å². The van der Waals surface area contributed by atoms with Crippen molar-refractivity contribution in [2.75, 3.05) is 6.61 Å². The van der Waals surface area contributed by atoms with Crippen LogP contribution in [-0.4, -0.2) is 12.6 Å². The molecule has 1 aromatic carbocycles. The van der Waals surface area contributed by atoms with Crippen LogP contribution in [0.3, 0.4) is 0 Å². The SMILES string of the molecule is CC(C)(C)COc1cccc2c1OC(=O)C2. The van der Waals surface area contributed by atoms with Gasteiger partial charge in [-0.25, -0.2) is 0 Å². The van der Waals surface area contributed by atoms with Crippen molar-refractivity contribution in [3.8, 4) is 11.5 Å². The third-order valence-corrected chi connectivity index (χ3v) is 2.27. The van der Waals surface area contributed by atoms with Crippen LogP contribution in [-0.2, 0) is 11.2 Å². The highest BCUT2D eigenvalue weighted by Crippen LogP contribution is 2.36. The molecule has 0 fully saturated rings. The lowest BCUT2D eigenvalue weighted by molar-refractivity contribution is -0.131. The zero-order chi connectivity index (χ0) is 11.8. The molecule has 0 amide bonds. The summed E-state index contributed by atoms with van der Waals surface area (Å²) in [6.45, 7) is 6.90. The van der Waals surface area contributed by atoms with Gasteiger partial charge in [-0.2, -0.15) is 0 Å². The Balaban J connectivity index is 2.17. The predicted octanol–water partition coefficient (Wildman–Crippen LogP) is 2.57. The maximum absolute atomic E-state index is 11.2. The van der Waals surface area contributed by atoms with E-state index in [1.165, 1.54) is 0 Å². The maximum Gasteiger partial charge on any atom is 0.315 e. The molecule has 0 N–H and O–H groups in total. The summed E-state index contributed by atoms with van der Waals surface area (Å²) < 4.78 is 10.8. The van der Waals surface area contributed by atoms with Crippen LogP contribution in [0.4, 0.5) is 0 Å². The normalized spacial score (nSPS) is 14.6. The molecule has 0 spiro atoms. The fourth-order valence-corrected chi connectivity index (χ4v) is 1.53. The molecular formula is C13H16O3. The first-order valence-corrected chi connectivity index (χ1v) is 5.41. The molecule has 1 heterocycles. The molecule has 0 saturated carbocycles. The summed E-state index contributed by atoms with van der Waals surface area (Å²) >= 11 is 0. The number of carbonyl (C=O) groups excluding carboxylic acids is 1. The van der Waals surface area contributed by atoms with Gasteiger partial charge in [0.05, 0.1) is 13.0 Å². The van der Waals surface area contributed by atoms with Crippen molar-refractivity contribution in [1.82, 2.24) is 0 Å². The number of esters is 1. The molecular weight excluding hydrogens is 204 g/mol. The lowest BCUT2D eigenvalue weighted by Gasteiger charge is -2.19. The van der Waals surface area contributed by atoms with E-state index in [4.69, 9.17) is 9.47 Å². The maximum atomic E-state index is 11.2. The van der Waals surface area contributed by atoms with E-state index in [9.17, 15) is 4.79 Å². The van der Waals surface area contributed by atoms with Gasteiger partial charge >= 0.3 is 5.97 Å². The second-order valence-corrected chi connectivity index (χ2v) is 5.24. The first-order chi connectivity index (χ1) is 7.46. The largest absolute Gasteiger partial charge is 0.489 e. The van der Waals surface area contributed by atoms with Crippen molar-refractivity contribution < 1.29 is 14.3 Å². The summed E-state index contributed by atoms with van der Waals surface area (Å²) in [5, 5.41) is 0. The minimum Gasteiger partial charge on any atom is -0.489 e. The Hall–Kier alpha value is -1.51. The molecule has 0 radical (unpaired) electrons. The highest BCUT2D eigenvalue weighted by Gasteiger charge is 2.24. The van der Waals surface area contributed by atoms with Gasteiger partial charge in [0.25, 0.3) is 0 Å². The summed E-state index contributed by atoms with van der Waals surface area (Å²) in [7, 11) is 0. The Morgan fingerprint density at radius 1 is 1.38 bits per heavy atom. The molecule has 3 nitrogen and oxygen atoms in total. The predicted molar refractivity (Wildman–Crippen MR) is 60.7 cm³/mol. The van der Waals surface area contributed by atoms with Gasteiger partial charge in [0.15, 0.2) is 11.5 Å². The Morgan fingerprint density at radius 2 is 2.12 bits per heavy atom. The van der Waals surface area contributed by atoms with E-state index in [1.54, 1.807) is 0 Å². The Kier molecular flexibility index (Phi) is 2.62. The molecule has 1 aliphatic rings. The standard InChI is InChI=1S/C13H16O3/c1-13(2,3)8-15-10-6-4-5-9-7-11(14)16-12(9)10/h4-6H,7-8H2,1-3H3. The summed E-state index contributed by atoms with van der Waals surface area (Å²) in [6.07, 6.45) is 0.349. The van der Waals surface area contributed by atoms with E-state index in [0.717, 1.165) is 5.56 Å². The number of rotatable bonds is 2. The number of benzene rings is 1. The Bertz CT molecular complexity index is 416. The summed E-state index contributed by atoms with van der Waals surface area (Å²) in [6, 6.07) is 5.62. The van der Waals surface area contributed by atoms with Gasteiger partial charge in [0.1, 0.15) is 0 Å². The van der Waals surface area contributed by atoms with Crippen LogP contribution < -0.4 is 9.47 Å². The second-order valence-electron chi connectivity index (χ2n) is 5.24. The van der Waals surface area contributed by atoms with E-state index >= 15 is 0 Å². The van der Waals surface area contributed by atoms with Crippen LogP contribution in [0.5, 0.6) is 11.5 Å². The molecule has 0 atom stereocenters. The van der Waals surface area contributed by atoms with Crippen molar-refractivity contribution in [1.29, 1.82) is 0 Å². The van der Waals surface area contributed by atoms with Gasteiger partial charge < -0.3 is 9.47 Å².